The summed E-state index contributed by atoms with van der Waals surface area (Å²) in [7, 11) is 0. The number of amides is 1. The van der Waals surface area contributed by atoms with E-state index in [1.807, 2.05) is 30.5 Å². The minimum Gasteiger partial charge on any atom is -0.351 e. The van der Waals surface area contributed by atoms with E-state index in [2.05, 4.69) is 31.0 Å². The van der Waals surface area contributed by atoms with E-state index in [4.69, 9.17) is 0 Å². The van der Waals surface area contributed by atoms with Crippen LogP contribution in [0, 0.1) is 13.8 Å². The summed E-state index contributed by atoms with van der Waals surface area (Å²) in [5, 5.41) is 3.55. The first-order valence-corrected chi connectivity index (χ1v) is 9.86. The number of aryl methyl sites for hydroxylation is 2. The number of hydrogen-bond donors (Lipinski definition) is 1. The van der Waals surface area contributed by atoms with Crippen molar-refractivity contribution in [2.45, 2.75) is 53.0 Å². The number of likely N-dealkylation sites (tertiary alicyclic amines) is 1. The molecule has 5 nitrogen and oxygen atoms in total. The highest BCUT2D eigenvalue weighted by Gasteiger charge is 2.22. The number of aromatic nitrogens is 1. The summed E-state index contributed by atoms with van der Waals surface area (Å²) in [4.78, 5) is 28.2. The van der Waals surface area contributed by atoms with E-state index in [0.29, 0.717) is 11.9 Å². The van der Waals surface area contributed by atoms with Gasteiger partial charge in [-0.3, -0.25) is 9.59 Å². The van der Waals surface area contributed by atoms with Gasteiger partial charge in [-0.25, -0.2) is 0 Å². The molecular weight excluding hydrogens is 338 g/mol. The van der Waals surface area contributed by atoms with E-state index in [0.717, 1.165) is 36.3 Å². The molecule has 0 atom stereocenters. The fourth-order valence-electron chi connectivity index (χ4n) is 3.73. The van der Waals surface area contributed by atoms with Gasteiger partial charge >= 0.3 is 0 Å². The summed E-state index contributed by atoms with van der Waals surface area (Å²) in [6, 6.07) is 3.96. The van der Waals surface area contributed by atoms with Gasteiger partial charge in [0.25, 0.3) is 5.91 Å². The maximum absolute atomic E-state index is 13.0. The molecule has 2 heterocycles. The summed E-state index contributed by atoms with van der Waals surface area (Å²) in [6.45, 7) is 13.9. The van der Waals surface area contributed by atoms with Crippen molar-refractivity contribution in [1.82, 2.24) is 14.8 Å². The number of rotatable bonds is 4. The fraction of sp³-hybridized carbons (Fsp3) is 0.545. The highest BCUT2D eigenvalue weighted by Crippen LogP contribution is 2.24. The quantitative estimate of drug-likeness (QED) is 0.900. The molecular formula is C22H31N3O2. The Bertz CT molecular complexity index is 916. The van der Waals surface area contributed by atoms with E-state index in [-0.39, 0.29) is 22.4 Å². The van der Waals surface area contributed by atoms with Crippen molar-refractivity contribution in [2.75, 3.05) is 26.2 Å². The molecule has 2 aromatic rings. The van der Waals surface area contributed by atoms with Crippen molar-refractivity contribution in [1.29, 1.82) is 0 Å². The van der Waals surface area contributed by atoms with Gasteiger partial charge in [-0.1, -0.05) is 0 Å². The summed E-state index contributed by atoms with van der Waals surface area (Å²) < 4.78 is 2.05. The van der Waals surface area contributed by atoms with Crippen LogP contribution in [0.25, 0.3) is 10.9 Å². The molecule has 1 aromatic heterocycles. The molecule has 1 aromatic carbocycles. The van der Waals surface area contributed by atoms with E-state index < -0.39 is 0 Å². The minimum absolute atomic E-state index is 0.188. The molecule has 1 amide bonds. The molecule has 0 bridgehead atoms. The Kier molecular flexibility index (Phi) is 5.43. The van der Waals surface area contributed by atoms with Gasteiger partial charge in [-0.05, 0) is 83.8 Å². The number of pyridine rings is 1. The van der Waals surface area contributed by atoms with Gasteiger partial charge in [-0.2, -0.15) is 0 Å². The summed E-state index contributed by atoms with van der Waals surface area (Å²) in [5.74, 6) is -0.280. The highest BCUT2D eigenvalue weighted by molar-refractivity contribution is 5.97. The number of nitrogens with zero attached hydrogens (tertiary/aromatic N) is 2. The van der Waals surface area contributed by atoms with Gasteiger partial charge in [-0.15, -0.1) is 0 Å². The molecule has 146 valence electrons. The first-order valence-electron chi connectivity index (χ1n) is 9.86. The molecule has 0 unspecified atom stereocenters. The number of carbonyl (C=O) groups excluding carboxylic acids is 1. The third-order valence-electron chi connectivity index (χ3n) is 5.50. The van der Waals surface area contributed by atoms with Crippen molar-refractivity contribution < 1.29 is 4.79 Å². The zero-order valence-electron chi connectivity index (χ0n) is 17.2. The van der Waals surface area contributed by atoms with Gasteiger partial charge in [0.2, 0.25) is 5.43 Å². The Morgan fingerprint density at radius 1 is 1.11 bits per heavy atom. The van der Waals surface area contributed by atoms with Crippen LogP contribution in [0.1, 0.15) is 55.1 Å². The largest absolute Gasteiger partial charge is 0.351 e. The molecule has 27 heavy (non-hydrogen) atoms. The molecule has 0 spiro atoms. The van der Waals surface area contributed by atoms with E-state index in [9.17, 15) is 9.59 Å². The predicted octanol–water partition coefficient (Wildman–Crippen LogP) is 3.20. The zero-order chi connectivity index (χ0) is 19.8. The van der Waals surface area contributed by atoms with Gasteiger partial charge in [0, 0.05) is 30.2 Å². The number of hydrogen-bond acceptors (Lipinski definition) is 3. The molecule has 5 heteroatoms. The van der Waals surface area contributed by atoms with Crippen molar-refractivity contribution >= 4 is 16.8 Å². The molecule has 0 aliphatic carbocycles. The van der Waals surface area contributed by atoms with Crippen molar-refractivity contribution in [3.05, 3.63) is 45.2 Å². The van der Waals surface area contributed by atoms with Crippen molar-refractivity contribution in [3.8, 4) is 0 Å². The lowest BCUT2D eigenvalue weighted by Crippen LogP contribution is -2.36. The van der Waals surface area contributed by atoms with Crippen LogP contribution in [0.4, 0.5) is 0 Å². The summed E-state index contributed by atoms with van der Waals surface area (Å²) >= 11 is 0. The average Bonchev–Trinajstić information content (AvgIpc) is 3.09. The predicted molar refractivity (Wildman–Crippen MR) is 111 cm³/mol. The van der Waals surface area contributed by atoms with E-state index in [1.54, 1.807) is 6.20 Å². The van der Waals surface area contributed by atoms with Crippen LogP contribution in [0.3, 0.4) is 0 Å². The lowest BCUT2D eigenvalue weighted by Gasteiger charge is -2.27. The third-order valence-corrected chi connectivity index (χ3v) is 5.50. The fourth-order valence-corrected chi connectivity index (χ4v) is 3.73. The molecule has 1 fully saturated rings. The molecule has 1 aliphatic rings. The zero-order valence-corrected chi connectivity index (χ0v) is 17.2. The second-order valence-corrected chi connectivity index (χ2v) is 8.67. The van der Waals surface area contributed by atoms with Crippen LogP contribution >= 0.6 is 0 Å². The van der Waals surface area contributed by atoms with Gasteiger partial charge in [0.1, 0.15) is 5.56 Å². The lowest BCUT2D eigenvalue weighted by molar-refractivity contribution is 0.0948. The van der Waals surface area contributed by atoms with Crippen LogP contribution in [-0.4, -0.2) is 41.6 Å². The Hall–Kier alpha value is -2.14. The second kappa shape index (κ2) is 7.47. The van der Waals surface area contributed by atoms with Gasteiger partial charge < -0.3 is 14.8 Å². The smallest absolute Gasteiger partial charge is 0.256 e. The summed E-state index contributed by atoms with van der Waals surface area (Å²) in [6.07, 6.45) is 4.19. The molecule has 1 N–H and O–H groups in total. The first kappa shape index (κ1) is 19.6. The second-order valence-electron chi connectivity index (χ2n) is 8.67. The SMILES string of the molecule is Cc1cc2c(=O)c(C(=O)NCCN3CCCC3)cn(C(C)(C)C)c2cc1C. The Labute approximate surface area is 161 Å². The number of benzene rings is 1. The van der Waals surface area contributed by atoms with Crippen LogP contribution in [-0.2, 0) is 5.54 Å². The third kappa shape index (κ3) is 4.08. The van der Waals surface area contributed by atoms with Crippen LogP contribution in [0.15, 0.2) is 23.1 Å². The first-order chi connectivity index (χ1) is 12.7. The highest BCUT2D eigenvalue weighted by atomic mass is 16.2. The average molecular weight is 370 g/mol. The van der Waals surface area contributed by atoms with Crippen molar-refractivity contribution in [3.63, 3.8) is 0 Å². The molecule has 3 rings (SSSR count). The van der Waals surface area contributed by atoms with Crippen LogP contribution < -0.4 is 10.7 Å². The molecule has 1 saturated heterocycles. The maximum atomic E-state index is 13.0. The Balaban J connectivity index is 1.97. The molecule has 1 aliphatic heterocycles. The lowest BCUT2D eigenvalue weighted by atomic mass is 10.0. The monoisotopic (exact) mass is 369 g/mol. The summed E-state index contributed by atoms with van der Waals surface area (Å²) in [5.41, 5.74) is 2.88. The Morgan fingerprint density at radius 2 is 1.74 bits per heavy atom. The van der Waals surface area contributed by atoms with Crippen molar-refractivity contribution in [2.24, 2.45) is 0 Å². The van der Waals surface area contributed by atoms with E-state index in [1.165, 1.54) is 12.8 Å². The van der Waals surface area contributed by atoms with Crippen LogP contribution in [0.5, 0.6) is 0 Å². The van der Waals surface area contributed by atoms with E-state index >= 15 is 0 Å². The Morgan fingerprint density at radius 3 is 2.37 bits per heavy atom. The normalized spacial score (nSPS) is 15.4. The van der Waals surface area contributed by atoms with Crippen LogP contribution in [0.2, 0.25) is 0 Å². The van der Waals surface area contributed by atoms with Gasteiger partial charge in [0.15, 0.2) is 0 Å². The molecule has 0 radical (unpaired) electrons. The van der Waals surface area contributed by atoms with Gasteiger partial charge in [0.05, 0.1) is 5.52 Å². The topological polar surface area (TPSA) is 54.3 Å². The maximum Gasteiger partial charge on any atom is 0.256 e. The number of fused-ring (bicyclic) bond motifs is 1. The standard InChI is InChI=1S/C22H31N3O2/c1-15-12-17-19(13-16(15)2)25(22(3,4)5)14-18(20(17)26)21(27)23-8-11-24-9-6-7-10-24/h12-14H,6-11H2,1-5H3,(H,23,27). The minimum atomic E-state index is -0.280. The molecule has 0 saturated carbocycles. The number of nitrogens with one attached hydrogen (secondary N) is 1. The number of carbonyl (C=O) groups is 1.